The molecule has 2 nitrogen and oxygen atoms in total. The zero-order chi connectivity index (χ0) is 13.8. The highest BCUT2D eigenvalue weighted by Crippen LogP contribution is 2.25. The van der Waals surface area contributed by atoms with Gasteiger partial charge in [0, 0.05) is 12.0 Å². The Bertz CT molecular complexity index is 605. The predicted molar refractivity (Wildman–Crippen MR) is 72.5 cm³/mol. The molecule has 0 aliphatic rings. The van der Waals surface area contributed by atoms with Gasteiger partial charge in [0.1, 0.15) is 5.82 Å². The van der Waals surface area contributed by atoms with Crippen LogP contribution in [-0.2, 0) is 11.2 Å². The number of carboxylic acid groups (broad SMARTS) is 1. The highest BCUT2D eigenvalue weighted by atomic mass is 19.1. The summed E-state index contributed by atoms with van der Waals surface area (Å²) >= 11 is 0. The minimum atomic E-state index is -0.846. The Morgan fingerprint density at radius 2 is 2.00 bits per heavy atom. The van der Waals surface area contributed by atoms with Crippen LogP contribution in [-0.4, -0.2) is 11.1 Å². The lowest BCUT2D eigenvalue weighted by Crippen LogP contribution is -1.98. The predicted octanol–water partition coefficient (Wildman–Crippen LogP) is 3.82. The molecule has 2 aromatic carbocycles. The monoisotopic (exact) mass is 258 g/mol. The van der Waals surface area contributed by atoms with Gasteiger partial charge in [0.2, 0.25) is 0 Å². The summed E-state index contributed by atoms with van der Waals surface area (Å²) in [6, 6.07) is 12.4. The van der Waals surface area contributed by atoms with Crippen molar-refractivity contribution in [3.05, 3.63) is 59.4 Å². The van der Waals surface area contributed by atoms with E-state index in [4.69, 9.17) is 5.11 Å². The van der Waals surface area contributed by atoms with E-state index in [1.165, 1.54) is 6.07 Å². The van der Waals surface area contributed by atoms with E-state index in [0.29, 0.717) is 12.0 Å². The van der Waals surface area contributed by atoms with Gasteiger partial charge in [-0.05, 0) is 36.6 Å². The van der Waals surface area contributed by atoms with Crippen molar-refractivity contribution in [2.45, 2.75) is 19.8 Å². The zero-order valence-electron chi connectivity index (χ0n) is 10.7. The van der Waals surface area contributed by atoms with Crippen molar-refractivity contribution < 1.29 is 14.3 Å². The molecule has 0 unspecified atom stereocenters. The number of carboxylic acids is 1. The first-order valence-corrected chi connectivity index (χ1v) is 6.13. The summed E-state index contributed by atoms with van der Waals surface area (Å²) in [6.07, 6.45) is 0.466. The van der Waals surface area contributed by atoms with E-state index in [2.05, 4.69) is 0 Å². The van der Waals surface area contributed by atoms with Crippen molar-refractivity contribution in [3.8, 4) is 11.1 Å². The lowest BCUT2D eigenvalue weighted by molar-refractivity contribution is -0.136. The van der Waals surface area contributed by atoms with Gasteiger partial charge in [-0.2, -0.15) is 0 Å². The van der Waals surface area contributed by atoms with Crippen LogP contribution in [0.2, 0.25) is 0 Å². The summed E-state index contributed by atoms with van der Waals surface area (Å²) < 4.78 is 13.9. The summed E-state index contributed by atoms with van der Waals surface area (Å²) in [4.78, 5) is 10.6. The summed E-state index contributed by atoms with van der Waals surface area (Å²) in [7, 11) is 0. The van der Waals surface area contributed by atoms with E-state index in [0.717, 1.165) is 16.7 Å². The molecule has 1 N–H and O–H groups in total. The maximum Gasteiger partial charge on any atom is 0.303 e. The molecule has 3 heteroatoms. The topological polar surface area (TPSA) is 37.3 Å². The minimum Gasteiger partial charge on any atom is -0.481 e. The van der Waals surface area contributed by atoms with Crippen molar-refractivity contribution in [1.82, 2.24) is 0 Å². The van der Waals surface area contributed by atoms with Crippen molar-refractivity contribution >= 4 is 5.97 Å². The third kappa shape index (κ3) is 3.41. The summed E-state index contributed by atoms with van der Waals surface area (Å²) in [6.45, 7) is 1.95. The van der Waals surface area contributed by atoms with Crippen LogP contribution in [0, 0.1) is 12.7 Å². The SMILES string of the molecule is Cc1cccc(-c2cc(CCC(=O)O)ccc2F)c1. The van der Waals surface area contributed by atoms with Gasteiger partial charge in [-0.25, -0.2) is 4.39 Å². The molecule has 0 atom stereocenters. The maximum absolute atomic E-state index is 13.9. The third-order valence-corrected chi connectivity index (χ3v) is 2.99. The molecule has 98 valence electrons. The molecular formula is C16H15FO2. The average molecular weight is 258 g/mol. The van der Waals surface area contributed by atoms with Crippen molar-refractivity contribution in [3.63, 3.8) is 0 Å². The number of carbonyl (C=O) groups is 1. The molecule has 0 heterocycles. The molecule has 0 fully saturated rings. The molecule has 0 bridgehead atoms. The molecular weight excluding hydrogens is 243 g/mol. The summed E-state index contributed by atoms with van der Waals surface area (Å²) in [5.74, 6) is -1.13. The van der Waals surface area contributed by atoms with E-state index in [1.54, 1.807) is 12.1 Å². The third-order valence-electron chi connectivity index (χ3n) is 2.99. The normalized spacial score (nSPS) is 10.4. The number of aliphatic carboxylic acids is 1. The molecule has 0 radical (unpaired) electrons. The van der Waals surface area contributed by atoms with Crippen molar-refractivity contribution in [2.24, 2.45) is 0 Å². The second-order valence-electron chi connectivity index (χ2n) is 4.58. The summed E-state index contributed by atoms with van der Waals surface area (Å²) in [5.41, 5.74) is 3.23. The van der Waals surface area contributed by atoms with Gasteiger partial charge in [-0.3, -0.25) is 4.79 Å². The number of halogens is 1. The fourth-order valence-electron chi connectivity index (χ4n) is 2.01. The Kier molecular flexibility index (Phi) is 3.95. The minimum absolute atomic E-state index is 0.0545. The first-order valence-electron chi connectivity index (χ1n) is 6.13. The quantitative estimate of drug-likeness (QED) is 0.905. The molecule has 0 amide bonds. The second kappa shape index (κ2) is 5.65. The Balaban J connectivity index is 2.34. The second-order valence-corrected chi connectivity index (χ2v) is 4.58. The highest BCUT2D eigenvalue weighted by molar-refractivity contribution is 5.68. The Morgan fingerprint density at radius 3 is 2.68 bits per heavy atom. The largest absolute Gasteiger partial charge is 0.481 e. The molecule has 0 saturated carbocycles. The van der Waals surface area contributed by atoms with Gasteiger partial charge in [0.25, 0.3) is 0 Å². The lowest BCUT2D eigenvalue weighted by Gasteiger charge is -2.07. The van der Waals surface area contributed by atoms with Crippen LogP contribution < -0.4 is 0 Å². The van der Waals surface area contributed by atoms with E-state index >= 15 is 0 Å². The molecule has 0 aliphatic carbocycles. The van der Waals surface area contributed by atoms with E-state index in [1.807, 2.05) is 31.2 Å². The lowest BCUT2D eigenvalue weighted by atomic mass is 9.99. The van der Waals surface area contributed by atoms with Crippen LogP contribution in [0.3, 0.4) is 0 Å². The van der Waals surface area contributed by atoms with E-state index < -0.39 is 5.97 Å². The highest BCUT2D eigenvalue weighted by Gasteiger charge is 2.07. The van der Waals surface area contributed by atoms with Crippen molar-refractivity contribution in [1.29, 1.82) is 0 Å². The fourth-order valence-corrected chi connectivity index (χ4v) is 2.01. The standard InChI is InChI=1S/C16H15FO2/c1-11-3-2-4-13(9-11)14-10-12(5-7-15(14)17)6-8-16(18)19/h2-5,7,9-10H,6,8H2,1H3,(H,18,19). The van der Waals surface area contributed by atoms with Crippen LogP contribution in [0.4, 0.5) is 4.39 Å². The molecule has 0 spiro atoms. The first kappa shape index (κ1) is 13.3. The smallest absolute Gasteiger partial charge is 0.303 e. The van der Waals surface area contributed by atoms with Gasteiger partial charge in [-0.15, -0.1) is 0 Å². The molecule has 19 heavy (non-hydrogen) atoms. The molecule has 0 aromatic heterocycles. The first-order chi connectivity index (χ1) is 9.06. The van der Waals surface area contributed by atoms with Gasteiger partial charge in [-0.1, -0.05) is 35.9 Å². The van der Waals surface area contributed by atoms with Crippen LogP contribution in [0.5, 0.6) is 0 Å². The number of aryl methyl sites for hydroxylation is 2. The molecule has 2 aromatic rings. The van der Waals surface area contributed by atoms with Crippen LogP contribution in [0.15, 0.2) is 42.5 Å². The van der Waals surface area contributed by atoms with Crippen molar-refractivity contribution in [2.75, 3.05) is 0 Å². The zero-order valence-corrected chi connectivity index (χ0v) is 10.7. The van der Waals surface area contributed by atoms with Crippen LogP contribution >= 0.6 is 0 Å². The Morgan fingerprint density at radius 1 is 1.21 bits per heavy atom. The van der Waals surface area contributed by atoms with E-state index in [-0.39, 0.29) is 12.2 Å². The summed E-state index contributed by atoms with van der Waals surface area (Å²) in [5, 5.41) is 8.68. The molecule has 0 aliphatic heterocycles. The van der Waals surface area contributed by atoms with Gasteiger partial charge in [0.15, 0.2) is 0 Å². The molecule has 2 rings (SSSR count). The van der Waals surface area contributed by atoms with Gasteiger partial charge in [0.05, 0.1) is 0 Å². The van der Waals surface area contributed by atoms with Gasteiger partial charge >= 0.3 is 5.97 Å². The maximum atomic E-state index is 13.9. The number of rotatable bonds is 4. The Labute approximate surface area is 111 Å². The Hall–Kier alpha value is -2.16. The van der Waals surface area contributed by atoms with Gasteiger partial charge < -0.3 is 5.11 Å². The number of benzene rings is 2. The number of hydrogen-bond donors (Lipinski definition) is 1. The fraction of sp³-hybridized carbons (Fsp3) is 0.188. The van der Waals surface area contributed by atoms with E-state index in [9.17, 15) is 9.18 Å². The number of hydrogen-bond acceptors (Lipinski definition) is 1. The molecule has 0 saturated heterocycles. The van der Waals surface area contributed by atoms with Crippen LogP contribution in [0.25, 0.3) is 11.1 Å². The van der Waals surface area contributed by atoms with Crippen LogP contribution in [0.1, 0.15) is 17.5 Å². The average Bonchev–Trinajstić information content (AvgIpc) is 2.37.